The summed E-state index contributed by atoms with van der Waals surface area (Å²) in [4.78, 5) is 16.8. The van der Waals surface area contributed by atoms with Crippen molar-refractivity contribution < 1.29 is 9.53 Å². The van der Waals surface area contributed by atoms with E-state index in [1.54, 1.807) is 11.3 Å². The van der Waals surface area contributed by atoms with Gasteiger partial charge in [-0.15, -0.1) is 11.3 Å². The summed E-state index contributed by atoms with van der Waals surface area (Å²) in [6.07, 6.45) is 3.80. The van der Waals surface area contributed by atoms with E-state index in [0.29, 0.717) is 24.3 Å². The van der Waals surface area contributed by atoms with Gasteiger partial charge in [0.15, 0.2) is 0 Å². The molecule has 1 aromatic rings. The number of nitrogens with zero attached hydrogens (tertiary/aromatic N) is 1. The molecular formula is C17H27N3O2S. The molecule has 0 unspecified atom stereocenters. The van der Waals surface area contributed by atoms with E-state index in [4.69, 9.17) is 4.74 Å². The first-order chi connectivity index (χ1) is 11.0. The topological polar surface area (TPSA) is 63.2 Å². The molecule has 6 heteroatoms. The SMILES string of the molecule is CC(C)[C@@H]1OCC[C@H]1CNC(=O)N[C@@H](C)c1csc(C2CC2)n1. The highest BCUT2D eigenvalue weighted by Gasteiger charge is 2.31. The van der Waals surface area contributed by atoms with Crippen LogP contribution in [0.4, 0.5) is 4.79 Å². The first kappa shape index (κ1) is 16.7. The van der Waals surface area contributed by atoms with Crippen LogP contribution in [0.25, 0.3) is 0 Å². The quantitative estimate of drug-likeness (QED) is 0.836. The summed E-state index contributed by atoms with van der Waals surface area (Å²) in [7, 11) is 0. The highest BCUT2D eigenvalue weighted by Crippen LogP contribution is 2.41. The molecule has 0 spiro atoms. The van der Waals surface area contributed by atoms with E-state index in [1.165, 1.54) is 17.8 Å². The average molecular weight is 337 g/mol. The molecule has 2 aliphatic rings. The number of thiazole rings is 1. The Hall–Kier alpha value is -1.14. The summed E-state index contributed by atoms with van der Waals surface area (Å²) in [6, 6.07) is -0.174. The van der Waals surface area contributed by atoms with Crippen molar-refractivity contribution in [2.24, 2.45) is 11.8 Å². The number of amides is 2. The van der Waals surface area contributed by atoms with Crippen LogP contribution in [0.1, 0.15) is 62.7 Å². The lowest BCUT2D eigenvalue weighted by atomic mass is 9.93. The highest BCUT2D eigenvalue weighted by atomic mass is 32.1. The van der Waals surface area contributed by atoms with E-state index in [0.717, 1.165) is 18.7 Å². The summed E-state index contributed by atoms with van der Waals surface area (Å²) >= 11 is 1.71. The molecule has 2 N–H and O–H groups in total. The first-order valence-corrected chi connectivity index (χ1v) is 9.54. The van der Waals surface area contributed by atoms with Crippen molar-refractivity contribution in [3.05, 3.63) is 16.1 Å². The van der Waals surface area contributed by atoms with Gasteiger partial charge in [-0.25, -0.2) is 9.78 Å². The number of urea groups is 1. The first-order valence-electron chi connectivity index (χ1n) is 8.66. The normalized spacial score (nSPS) is 25.6. The number of hydrogen-bond acceptors (Lipinski definition) is 4. The predicted octanol–water partition coefficient (Wildman–Crippen LogP) is 3.44. The second kappa shape index (κ2) is 7.18. The van der Waals surface area contributed by atoms with Gasteiger partial charge < -0.3 is 15.4 Å². The maximum atomic E-state index is 12.1. The second-order valence-electron chi connectivity index (χ2n) is 7.09. The lowest BCUT2D eigenvalue weighted by Crippen LogP contribution is -2.41. The molecule has 2 heterocycles. The number of nitrogens with one attached hydrogen (secondary N) is 2. The van der Waals surface area contributed by atoms with Crippen molar-refractivity contribution in [3.8, 4) is 0 Å². The Morgan fingerprint density at radius 3 is 2.87 bits per heavy atom. The van der Waals surface area contributed by atoms with Gasteiger partial charge in [0.1, 0.15) is 0 Å². The fourth-order valence-electron chi connectivity index (χ4n) is 3.17. The van der Waals surface area contributed by atoms with E-state index in [1.807, 2.05) is 6.92 Å². The predicted molar refractivity (Wildman–Crippen MR) is 91.7 cm³/mol. The van der Waals surface area contributed by atoms with Crippen LogP contribution in [-0.4, -0.2) is 30.3 Å². The Kier molecular flexibility index (Phi) is 5.21. The van der Waals surface area contributed by atoms with Crippen LogP contribution in [0.15, 0.2) is 5.38 Å². The van der Waals surface area contributed by atoms with E-state index >= 15 is 0 Å². The van der Waals surface area contributed by atoms with Crippen molar-refractivity contribution in [2.45, 2.75) is 58.1 Å². The highest BCUT2D eigenvalue weighted by molar-refractivity contribution is 7.09. The van der Waals surface area contributed by atoms with Gasteiger partial charge in [0, 0.05) is 30.4 Å². The monoisotopic (exact) mass is 337 g/mol. The molecule has 3 atom stereocenters. The average Bonchev–Trinajstić information content (AvgIpc) is 3.05. The number of rotatable bonds is 6. The smallest absolute Gasteiger partial charge is 0.315 e. The molecule has 128 valence electrons. The zero-order valence-electron chi connectivity index (χ0n) is 14.2. The fraction of sp³-hybridized carbons (Fsp3) is 0.765. The Labute approximate surface area is 142 Å². The van der Waals surface area contributed by atoms with Crippen LogP contribution >= 0.6 is 11.3 Å². The van der Waals surface area contributed by atoms with Gasteiger partial charge in [-0.05, 0) is 32.1 Å². The van der Waals surface area contributed by atoms with Crippen molar-refractivity contribution in [2.75, 3.05) is 13.2 Å². The van der Waals surface area contributed by atoms with Crippen LogP contribution in [-0.2, 0) is 4.74 Å². The number of ether oxygens (including phenoxy) is 1. The zero-order valence-corrected chi connectivity index (χ0v) is 15.0. The van der Waals surface area contributed by atoms with Crippen molar-refractivity contribution >= 4 is 17.4 Å². The largest absolute Gasteiger partial charge is 0.378 e. The second-order valence-corrected chi connectivity index (χ2v) is 7.98. The van der Waals surface area contributed by atoms with Gasteiger partial charge in [0.05, 0.1) is 22.8 Å². The summed E-state index contributed by atoms with van der Waals surface area (Å²) in [5.74, 6) is 1.57. The number of carbonyl (C=O) groups is 1. The fourth-order valence-corrected chi connectivity index (χ4v) is 4.26. The van der Waals surface area contributed by atoms with Crippen molar-refractivity contribution in [1.29, 1.82) is 0 Å². The Morgan fingerprint density at radius 1 is 1.39 bits per heavy atom. The third kappa shape index (κ3) is 4.23. The molecular weight excluding hydrogens is 310 g/mol. The molecule has 1 saturated heterocycles. The van der Waals surface area contributed by atoms with Gasteiger partial charge in [-0.2, -0.15) is 0 Å². The minimum absolute atomic E-state index is 0.0560. The lowest BCUT2D eigenvalue weighted by molar-refractivity contribution is 0.0545. The maximum absolute atomic E-state index is 12.1. The minimum atomic E-state index is -0.118. The molecule has 1 aromatic heterocycles. The van der Waals surface area contributed by atoms with Gasteiger partial charge in [-0.1, -0.05) is 13.8 Å². The molecule has 2 fully saturated rings. The van der Waals surface area contributed by atoms with E-state index < -0.39 is 0 Å². The molecule has 23 heavy (non-hydrogen) atoms. The van der Waals surface area contributed by atoms with Crippen LogP contribution in [0.5, 0.6) is 0 Å². The Bertz CT molecular complexity index is 542. The molecule has 2 amide bonds. The number of aromatic nitrogens is 1. The van der Waals surface area contributed by atoms with Crippen molar-refractivity contribution in [3.63, 3.8) is 0 Å². The number of hydrogen-bond donors (Lipinski definition) is 2. The molecule has 5 nitrogen and oxygen atoms in total. The van der Waals surface area contributed by atoms with Gasteiger partial charge >= 0.3 is 6.03 Å². The summed E-state index contributed by atoms with van der Waals surface area (Å²) in [5.41, 5.74) is 0.969. The van der Waals surface area contributed by atoms with Gasteiger partial charge in [0.2, 0.25) is 0 Å². The van der Waals surface area contributed by atoms with Crippen molar-refractivity contribution in [1.82, 2.24) is 15.6 Å². The number of carbonyl (C=O) groups excluding carboxylic acids is 1. The summed E-state index contributed by atoms with van der Waals surface area (Å²) in [5, 5.41) is 9.27. The molecule has 0 aromatic carbocycles. The van der Waals surface area contributed by atoms with E-state index in [-0.39, 0.29) is 18.2 Å². The molecule has 1 aliphatic heterocycles. The van der Waals surface area contributed by atoms with E-state index in [2.05, 4.69) is 34.8 Å². The molecule has 1 saturated carbocycles. The molecule has 0 bridgehead atoms. The third-order valence-electron chi connectivity index (χ3n) is 4.70. The maximum Gasteiger partial charge on any atom is 0.315 e. The minimum Gasteiger partial charge on any atom is -0.378 e. The van der Waals surface area contributed by atoms with Crippen LogP contribution in [0.2, 0.25) is 0 Å². The lowest BCUT2D eigenvalue weighted by Gasteiger charge is -2.22. The van der Waals surface area contributed by atoms with Crippen LogP contribution in [0, 0.1) is 11.8 Å². The van der Waals surface area contributed by atoms with E-state index in [9.17, 15) is 4.79 Å². The molecule has 0 radical (unpaired) electrons. The van der Waals surface area contributed by atoms with Gasteiger partial charge in [0.25, 0.3) is 0 Å². The van der Waals surface area contributed by atoms with Crippen LogP contribution < -0.4 is 10.6 Å². The van der Waals surface area contributed by atoms with Crippen LogP contribution in [0.3, 0.4) is 0 Å². The standard InChI is InChI=1S/C17H27N3O2S/c1-10(2)15-13(6-7-22-15)8-18-17(21)19-11(3)14-9-23-16(20-14)12-4-5-12/h9-13,15H,4-8H2,1-3H3,(H2,18,19,21)/t11-,13-,15-/m0/s1. The molecule has 3 rings (SSSR count). The van der Waals surface area contributed by atoms with Gasteiger partial charge in [-0.3, -0.25) is 0 Å². The Morgan fingerprint density at radius 2 is 2.17 bits per heavy atom. The summed E-state index contributed by atoms with van der Waals surface area (Å²) in [6.45, 7) is 7.80. The third-order valence-corrected chi connectivity index (χ3v) is 5.73. The Balaban J connectivity index is 1.44. The molecule has 1 aliphatic carbocycles. The zero-order chi connectivity index (χ0) is 16.4. The summed E-state index contributed by atoms with van der Waals surface area (Å²) < 4.78 is 5.76.